The van der Waals surface area contributed by atoms with Gasteiger partial charge in [0.2, 0.25) is 0 Å². The first-order valence-electron chi connectivity index (χ1n) is 16.3. The summed E-state index contributed by atoms with van der Waals surface area (Å²) >= 11 is 0. The van der Waals surface area contributed by atoms with Crippen LogP contribution >= 0.6 is 0 Å². The van der Waals surface area contributed by atoms with Crippen molar-refractivity contribution < 1.29 is 14.3 Å². The molecular formula is C38H46N4O3. The molecule has 7 nitrogen and oxygen atoms in total. The SMILES string of the molecule is C=c1nc(CCCC2CCC(CNC(=O)COc3ccc4c(c3)CCc3ccccc3C4=O)CC2)nc(N(C)C)/c1=C/C=C\C. The van der Waals surface area contributed by atoms with Crippen molar-refractivity contribution in [1.82, 2.24) is 15.3 Å². The van der Waals surface area contributed by atoms with Gasteiger partial charge < -0.3 is 15.0 Å². The number of carbonyl (C=O) groups is 2. The number of nitrogens with zero attached hydrogens (tertiary/aromatic N) is 3. The van der Waals surface area contributed by atoms with E-state index in [-0.39, 0.29) is 18.3 Å². The molecule has 1 heterocycles. The molecule has 1 aromatic heterocycles. The highest BCUT2D eigenvalue weighted by molar-refractivity contribution is 6.11. The first-order valence-corrected chi connectivity index (χ1v) is 16.3. The monoisotopic (exact) mass is 606 g/mol. The predicted octanol–water partition coefficient (Wildman–Crippen LogP) is 4.96. The van der Waals surface area contributed by atoms with Crippen molar-refractivity contribution in [2.45, 2.75) is 64.7 Å². The maximum atomic E-state index is 13.0. The molecular weight excluding hydrogens is 560 g/mol. The minimum Gasteiger partial charge on any atom is -0.484 e. The summed E-state index contributed by atoms with van der Waals surface area (Å²) in [5.41, 5.74) is 3.55. The lowest BCUT2D eigenvalue weighted by Gasteiger charge is -2.28. The summed E-state index contributed by atoms with van der Waals surface area (Å²) in [6, 6.07) is 13.3. The molecule has 236 valence electrons. The van der Waals surface area contributed by atoms with Crippen LogP contribution in [0.4, 0.5) is 5.82 Å². The molecule has 5 rings (SSSR count). The molecule has 1 N–H and O–H groups in total. The van der Waals surface area contributed by atoms with Crippen LogP contribution in [0.15, 0.2) is 54.6 Å². The van der Waals surface area contributed by atoms with Crippen LogP contribution in [-0.2, 0) is 24.1 Å². The van der Waals surface area contributed by atoms with E-state index in [1.807, 2.05) is 80.5 Å². The number of aromatic nitrogens is 2. The first kappa shape index (κ1) is 32.1. The maximum Gasteiger partial charge on any atom is 0.257 e. The number of aryl methyl sites for hydroxylation is 3. The van der Waals surface area contributed by atoms with Gasteiger partial charge in [-0.05, 0) is 86.3 Å². The van der Waals surface area contributed by atoms with Gasteiger partial charge in [-0.2, -0.15) is 0 Å². The van der Waals surface area contributed by atoms with Crippen LogP contribution in [0.2, 0.25) is 0 Å². The smallest absolute Gasteiger partial charge is 0.257 e. The minimum atomic E-state index is -0.105. The minimum absolute atomic E-state index is 0.0246. The molecule has 0 unspecified atom stereocenters. The zero-order valence-corrected chi connectivity index (χ0v) is 27.0. The van der Waals surface area contributed by atoms with Crippen molar-refractivity contribution in [3.05, 3.63) is 93.3 Å². The van der Waals surface area contributed by atoms with Crippen LogP contribution < -0.4 is 25.5 Å². The second kappa shape index (κ2) is 15.2. The molecule has 2 aliphatic rings. The third kappa shape index (κ3) is 8.27. The fourth-order valence-corrected chi connectivity index (χ4v) is 6.56. The Balaban J connectivity index is 1.02. The van der Waals surface area contributed by atoms with Gasteiger partial charge in [-0.25, -0.2) is 9.97 Å². The first-order chi connectivity index (χ1) is 21.8. The molecule has 1 saturated carbocycles. The second-order valence-electron chi connectivity index (χ2n) is 12.6. The number of ketones is 1. The van der Waals surface area contributed by atoms with Gasteiger partial charge in [0.25, 0.3) is 5.91 Å². The van der Waals surface area contributed by atoms with Crippen molar-refractivity contribution in [2.24, 2.45) is 11.8 Å². The van der Waals surface area contributed by atoms with Gasteiger partial charge >= 0.3 is 0 Å². The molecule has 1 amide bonds. The van der Waals surface area contributed by atoms with Crippen LogP contribution in [0.1, 0.15) is 78.3 Å². The van der Waals surface area contributed by atoms with Crippen molar-refractivity contribution in [1.29, 1.82) is 0 Å². The highest BCUT2D eigenvalue weighted by atomic mass is 16.5. The average molecular weight is 607 g/mol. The van der Waals surface area contributed by atoms with E-state index in [1.165, 1.54) is 19.3 Å². The molecule has 3 aromatic rings. The van der Waals surface area contributed by atoms with E-state index in [2.05, 4.69) is 11.9 Å². The number of nitrogens with one attached hydrogen (secondary N) is 1. The number of carbonyl (C=O) groups excluding carboxylic acids is 2. The van der Waals surface area contributed by atoms with E-state index in [9.17, 15) is 9.59 Å². The summed E-state index contributed by atoms with van der Waals surface area (Å²) in [6.07, 6.45) is 15.3. The Morgan fingerprint density at radius 1 is 1.02 bits per heavy atom. The van der Waals surface area contributed by atoms with E-state index >= 15 is 0 Å². The van der Waals surface area contributed by atoms with Crippen molar-refractivity contribution in [3.8, 4) is 5.75 Å². The van der Waals surface area contributed by atoms with Gasteiger partial charge in [0.05, 0.1) is 5.35 Å². The number of allylic oxidation sites excluding steroid dienone is 2. The molecule has 2 aromatic carbocycles. The Labute approximate surface area is 267 Å². The molecule has 0 radical (unpaired) electrons. The van der Waals surface area contributed by atoms with Crippen LogP contribution in [0.5, 0.6) is 5.75 Å². The summed E-state index contributed by atoms with van der Waals surface area (Å²) in [5.74, 6) is 3.57. The van der Waals surface area contributed by atoms with E-state index in [4.69, 9.17) is 14.7 Å². The number of amides is 1. The molecule has 0 atom stereocenters. The van der Waals surface area contributed by atoms with Gasteiger partial charge in [0.1, 0.15) is 17.4 Å². The van der Waals surface area contributed by atoms with Crippen molar-refractivity contribution >= 4 is 30.2 Å². The Hall–Kier alpha value is -4.26. The molecule has 1 fully saturated rings. The quantitative estimate of drug-likeness (QED) is 0.332. The molecule has 0 aliphatic heterocycles. The zero-order chi connectivity index (χ0) is 31.8. The third-order valence-electron chi connectivity index (χ3n) is 9.11. The predicted molar refractivity (Wildman–Crippen MR) is 181 cm³/mol. The van der Waals surface area contributed by atoms with Gasteiger partial charge in [0, 0.05) is 43.4 Å². The molecule has 0 spiro atoms. The lowest BCUT2D eigenvalue weighted by Crippen LogP contribution is -2.35. The van der Waals surface area contributed by atoms with Crippen LogP contribution in [-0.4, -0.2) is 48.9 Å². The Kier molecular flexibility index (Phi) is 10.8. The lowest BCUT2D eigenvalue weighted by atomic mass is 9.80. The highest BCUT2D eigenvalue weighted by Crippen LogP contribution is 2.32. The molecule has 0 bridgehead atoms. The number of benzene rings is 2. The topological polar surface area (TPSA) is 84.4 Å². The van der Waals surface area contributed by atoms with Gasteiger partial charge in [0.15, 0.2) is 12.4 Å². The van der Waals surface area contributed by atoms with Crippen molar-refractivity contribution in [3.63, 3.8) is 0 Å². The van der Waals surface area contributed by atoms with Crippen LogP contribution in [0.25, 0.3) is 12.7 Å². The second-order valence-corrected chi connectivity index (χ2v) is 12.6. The molecule has 0 saturated heterocycles. The Morgan fingerprint density at radius 2 is 1.76 bits per heavy atom. The third-order valence-corrected chi connectivity index (χ3v) is 9.11. The van der Waals surface area contributed by atoms with E-state index < -0.39 is 0 Å². The highest BCUT2D eigenvalue weighted by Gasteiger charge is 2.23. The summed E-state index contributed by atoms with van der Waals surface area (Å²) in [6.45, 7) is 6.83. The normalized spacial score (nSPS) is 18.3. The fraction of sp³-hybridized carbons (Fsp3) is 0.421. The molecule has 2 aliphatic carbocycles. The number of fused-ring (bicyclic) bond motifs is 2. The summed E-state index contributed by atoms with van der Waals surface area (Å²) < 4.78 is 5.83. The van der Waals surface area contributed by atoms with E-state index in [0.29, 0.717) is 24.1 Å². The molecule has 45 heavy (non-hydrogen) atoms. The lowest BCUT2D eigenvalue weighted by molar-refractivity contribution is -0.123. The number of anilines is 1. The van der Waals surface area contributed by atoms with Crippen LogP contribution in [0, 0.1) is 11.8 Å². The Bertz CT molecular complexity index is 1650. The van der Waals surface area contributed by atoms with E-state index in [0.717, 1.165) is 83.0 Å². The summed E-state index contributed by atoms with van der Waals surface area (Å²) in [7, 11) is 4.01. The largest absolute Gasteiger partial charge is 0.484 e. The standard InChI is InChI=1S/C38H46N4O3/c1-5-6-12-32-26(2)40-35(41-38(32)42(3)4)14-9-10-27-15-17-28(18-16-27)24-39-36(43)25-45-31-21-22-34-30(23-31)20-19-29-11-7-8-13-33(29)37(34)44/h5-8,11-13,21-23,27-28H,2,9-10,14-20,24-25H2,1,3-4H3,(H,39,43)/b6-5-,32-12+. The number of rotatable bonds is 11. The summed E-state index contributed by atoms with van der Waals surface area (Å²) in [4.78, 5) is 37.2. The van der Waals surface area contributed by atoms with Gasteiger partial charge in [-0.15, -0.1) is 0 Å². The number of ether oxygens (including phenoxy) is 1. The van der Waals surface area contributed by atoms with Gasteiger partial charge in [-0.1, -0.05) is 62.3 Å². The molecule has 7 heteroatoms. The summed E-state index contributed by atoms with van der Waals surface area (Å²) in [5, 5.41) is 4.82. The zero-order valence-electron chi connectivity index (χ0n) is 27.0. The van der Waals surface area contributed by atoms with Crippen molar-refractivity contribution in [2.75, 3.05) is 32.1 Å². The number of hydrogen-bond donors (Lipinski definition) is 1. The van der Waals surface area contributed by atoms with E-state index in [1.54, 1.807) is 6.07 Å². The fourth-order valence-electron chi connectivity index (χ4n) is 6.56. The number of hydrogen-bond acceptors (Lipinski definition) is 6. The average Bonchev–Trinajstić information content (AvgIpc) is 3.18. The Morgan fingerprint density at radius 3 is 2.53 bits per heavy atom. The van der Waals surface area contributed by atoms with Gasteiger partial charge in [-0.3, -0.25) is 9.59 Å². The maximum absolute atomic E-state index is 13.0. The van der Waals surface area contributed by atoms with Crippen LogP contribution in [0.3, 0.4) is 0 Å².